The second-order valence-electron chi connectivity index (χ2n) is 9.40. The fourth-order valence-electron chi connectivity index (χ4n) is 4.97. The molecule has 1 aliphatic heterocycles. The zero-order chi connectivity index (χ0) is 22.9. The maximum atomic E-state index is 13.4. The van der Waals surface area contributed by atoms with Crippen molar-refractivity contribution in [2.75, 3.05) is 13.1 Å². The minimum atomic E-state index is -0.301. The van der Waals surface area contributed by atoms with Crippen LogP contribution in [0.15, 0.2) is 53.3 Å². The lowest BCUT2D eigenvalue weighted by molar-refractivity contribution is 0.149. The van der Waals surface area contributed by atoms with E-state index in [0.29, 0.717) is 23.9 Å². The van der Waals surface area contributed by atoms with Gasteiger partial charge in [-0.2, -0.15) is 0 Å². The van der Waals surface area contributed by atoms with Crippen LogP contribution in [0.2, 0.25) is 0 Å². The molecule has 1 fully saturated rings. The standard InChI is InChI=1S/C26H30N6O/c1-17-9-11-31(12-10-17)24(25-28-29-30-32(25)16-20-7-5-4-6-8-20)22-15-21-14-18(2)13-19(3)23(21)27-26(22)33/h4-8,13-15,17,24H,9-12,16H2,1-3H3,(H,27,33)/t24-/m1/s1. The Morgan fingerprint density at radius 1 is 1.09 bits per heavy atom. The topological polar surface area (TPSA) is 79.7 Å². The number of hydrogen-bond acceptors (Lipinski definition) is 5. The lowest BCUT2D eigenvalue weighted by atomic mass is 9.95. The van der Waals surface area contributed by atoms with Gasteiger partial charge in [0.1, 0.15) is 6.04 Å². The highest BCUT2D eigenvalue weighted by molar-refractivity contribution is 5.83. The van der Waals surface area contributed by atoms with Crippen LogP contribution in [0.25, 0.3) is 10.9 Å². The van der Waals surface area contributed by atoms with Crippen molar-refractivity contribution in [1.82, 2.24) is 30.1 Å². The first-order chi connectivity index (χ1) is 16.0. The average Bonchev–Trinajstić information content (AvgIpc) is 3.24. The third-order valence-corrected chi connectivity index (χ3v) is 6.78. The van der Waals surface area contributed by atoms with Crippen LogP contribution in [0.4, 0.5) is 0 Å². The molecule has 3 heterocycles. The summed E-state index contributed by atoms with van der Waals surface area (Å²) in [5.74, 6) is 1.39. The highest BCUT2D eigenvalue weighted by atomic mass is 16.1. The maximum absolute atomic E-state index is 13.4. The third-order valence-electron chi connectivity index (χ3n) is 6.78. The molecule has 0 aliphatic carbocycles. The number of aromatic amines is 1. The van der Waals surface area contributed by atoms with Crippen molar-refractivity contribution < 1.29 is 0 Å². The molecular weight excluding hydrogens is 412 g/mol. The number of aromatic nitrogens is 5. The number of rotatable bonds is 5. The Balaban J connectivity index is 1.63. The number of likely N-dealkylation sites (tertiary alicyclic amines) is 1. The van der Waals surface area contributed by atoms with Crippen LogP contribution in [0, 0.1) is 19.8 Å². The Hall–Kier alpha value is -3.32. The number of piperidine rings is 1. The van der Waals surface area contributed by atoms with Crippen molar-refractivity contribution in [3.63, 3.8) is 0 Å². The van der Waals surface area contributed by atoms with Gasteiger partial charge in [-0.25, -0.2) is 4.68 Å². The highest BCUT2D eigenvalue weighted by Crippen LogP contribution is 2.31. The SMILES string of the molecule is Cc1cc(C)c2[nH]c(=O)c([C@H](c3nnnn3Cc3ccccc3)N3CCC(C)CC3)cc2c1. The van der Waals surface area contributed by atoms with Gasteiger partial charge in [0, 0.05) is 5.56 Å². The fourth-order valence-corrected chi connectivity index (χ4v) is 4.97. The molecule has 0 radical (unpaired) electrons. The van der Waals surface area contributed by atoms with Gasteiger partial charge < -0.3 is 4.98 Å². The number of H-pyrrole nitrogens is 1. The van der Waals surface area contributed by atoms with Crippen molar-refractivity contribution in [2.24, 2.45) is 5.92 Å². The summed E-state index contributed by atoms with van der Waals surface area (Å²) >= 11 is 0. The molecule has 4 aromatic rings. The molecule has 33 heavy (non-hydrogen) atoms. The zero-order valence-electron chi connectivity index (χ0n) is 19.5. The van der Waals surface area contributed by atoms with E-state index < -0.39 is 0 Å². The van der Waals surface area contributed by atoms with Crippen LogP contribution in [-0.4, -0.2) is 43.2 Å². The molecule has 5 rings (SSSR count). The van der Waals surface area contributed by atoms with Crippen molar-refractivity contribution in [3.8, 4) is 0 Å². The van der Waals surface area contributed by atoms with Gasteiger partial charge >= 0.3 is 0 Å². The predicted molar refractivity (Wildman–Crippen MR) is 129 cm³/mol. The first kappa shape index (κ1) is 21.5. The molecule has 2 aromatic carbocycles. The number of aryl methyl sites for hydroxylation is 2. The predicted octanol–water partition coefficient (Wildman–Crippen LogP) is 4.00. The molecule has 0 amide bonds. The summed E-state index contributed by atoms with van der Waals surface area (Å²) in [6.45, 7) is 8.80. The van der Waals surface area contributed by atoms with E-state index in [2.05, 4.69) is 63.5 Å². The van der Waals surface area contributed by atoms with E-state index in [0.717, 1.165) is 48.0 Å². The van der Waals surface area contributed by atoms with Crippen LogP contribution in [0.5, 0.6) is 0 Å². The van der Waals surface area contributed by atoms with Gasteiger partial charge in [-0.1, -0.05) is 48.9 Å². The Morgan fingerprint density at radius 2 is 1.85 bits per heavy atom. The molecule has 7 heteroatoms. The van der Waals surface area contributed by atoms with Gasteiger partial charge in [-0.05, 0) is 84.8 Å². The minimum absolute atomic E-state index is 0.0765. The Kier molecular flexibility index (Phi) is 5.81. The van der Waals surface area contributed by atoms with Crippen LogP contribution in [0.3, 0.4) is 0 Å². The summed E-state index contributed by atoms with van der Waals surface area (Å²) in [6.07, 6.45) is 2.20. The molecule has 0 saturated carbocycles. The number of fused-ring (bicyclic) bond motifs is 1. The molecule has 0 unspecified atom stereocenters. The normalized spacial score (nSPS) is 16.3. The lowest BCUT2D eigenvalue weighted by Crippen LogP contribution is -2.40. The lowest BCUT2D eigenvalue weighted by Gasteiger charge is -2.36. The maximum Gasteiger partial charge on any atom is 0.253 e. The summed E-state index contributed by atoms with van der Waals surface area (Å²) in [5.41, 5.74) is 4.89. The van der Waals surface area contributed by atoms with Gasteiger partial charge in [0.2, 0.25) is 0 Å². The van der Waals surface area contributed by atoms with E-state index in [-0.39, 0.29) is 11.6 Å². The molecule has 0 spiro atoms. The van der Waals surface area contributed by atoms with E-state index in [1.54, 1.807) is 0 Å². The van der Waals surface area contributed by atoms with Gasteiger partial charge in [0.15, 0.2) is 5.82 Å². The summed E-state index contributed by atoms with van der Waals surface area (Å²) in [7, 11) is 0. The summed E-state index contributed by atoms with van der Waals surface area (Å²) in [5, 5.41) is 13.8. The number of nitrogens with zero attached hydrogens (tertiary/aromatic N) is 5. The molecule has 2 aromatic heterocycles. The minimum Gasteiger partial charge on any atom is -0.321 e. The van der Waals surface area contributed by atoms with Crippen molar-refractivity contribution in [3.05, 3.63) is 87.0 Å². The average molecular weight is 443 g/mol. The van der Waals surface area contributed by atoms with Crippen LogP contribution >= 0.6 is 0 Å². The molecule has 7 nitrogen and oxygen atoms in total. The van der Waals surface area contributed by atoms with E-state index in [1.165, 1.54) is 5.56 Å². The number of nitrogens with one attached hydrogen (secondary N) is 1. The first-order valence-electron chi connectivity index (χ1n) is 11.7. The third kappa shape index (κ3) is 4.33. The molecule has 0 bridgehead atoms. The second kappa shape index (κ2) is 8.90. The number of pyridine rings is 1. The first-order valence-corrected chi connectivity index (χ1v) is 11.7. The van der Waals surface area contributed by atoms with Gasteiger partial charge in [-0.3, -0.25) is 9.69 Å². The monoisotopic (exact) mass is 442 g/mol. The Labute approximate surface area is 193 Å². The van der Waals surface area contributed by atoms with E-state index >= 15 is 0 Å². The van der Waals surface area contributed by atoms with Gasteiger partial charge in [0.25, 0.3) is 5.56 Å². The van der Waals surface area contributed by atoms with Crippen molar-refractivity contribution in [2.45, 2.75) is 46.2 Å². The van der Waals surface area contributed by atoms with E-state index in [1.807, 2.05) is 35.9 Å². The van der Waals surface area contributed by atoms with Crippen LogP contribution in [-0.2, 0) is 6.54 Å². The highest BCUT2D eigenvalue weighted by Gasteiger charge is 2.32. The summed E-state index contributed by atoms with van der Waals surface area (Å²) in [4.78, 5) is 18.9. The Bertz CT molecular complexity index is 1320. The fraction of sp³-hybridized carbons (Fsp3) is 0.385. The van der Waals surface area contributed by atoms with Crippen molar-refractivity contribution >= 4 is 10.9 Å². The van der Waals surface area contributed by atoms with Crippen molar-refractivity contribution in [1.29, 1.82) is 0 Å². The van der Waals surface area contributed by atoms with Gasteiger partial charge in [0.05, 0.1) is 12.1 Å². The molecule has 1 atom stereocenters. The second-order valence-corrected chi connectivity index (χ2v) is 9.40. The molecule has 1 N–H and O–H groups in total. The smallest absolute Gasteiger partial charge is 0.253 e. The number of tetrazole rings is 1. The molecule has 170 valence electrons. The number of hydrogen-bond donors (Lipinski definition) is 1. The molecule has 1 saturated heterocycles. The van der Waals surface area contributed by atoms with E-state index in [4.69, 9.17) is 0 Å². The van der Waals surface area contributed by atoms with Crippen LogP contribution < -0.4 is 5.56 Å². The van der Waals surface area contributed by atoms with Gasteiger partial charge in [-0.15, -0.1) is 5.10 Å². The van der Waals surface area contributed by atoms with Crippen LogP contribution in [0.1, 0.15) is 53.9 Å². The quantitative estimate of drug-likeness (QED) is 0.505. The summed E-state index contributed by atoms with van der Waals surface area (Å²) in [6, 6.07) is 16.1. The zero-order valence-corrected chi connectivity index (χ0v) is 19.5. The summed E-state index contributed by atoms with van der Waals surface area (Å²) < 4.78 is 1.84. The van der Waals surface area contributed by atoms with E-state index in [9.17, 15) is 4.79 Å². The molecular formula is C26H30N6O. The molecule has 1 aliphatic rings. The Morgan fingerprint density at radius 3 is 2.61 bits per heavy atom. The number of benzene rings is 2. The largest absolute Gasteiger partial charge is 0.321 e.